The highest BCUT2D eigenvalue weighted by molar-refractivity contribution is 5.94. The Hall–Kier alpha value is -3.03. The van der Waals surface area contributed by atoms with E-state index in [4.69, 9.17) is 9.47 Å². The predicted molar refractivity (Wildman–Crippen MR) is 130 cm³/mol. The number of hydrogen-bond donors (Lipinski definition) is 2. The fourth-order valence-corrected chi connectivity index (χ4v) is 3.55. The van der Waals surface area contributed by atoms with Gasteiger partial charge in [-0.15, -0.1) is 0 Å². The van der Waals surface area contributed by atoms with Gasteiger partial charge in [-0.05, 0) is 43.9 Å². The van der Waals surface area contributed by atoms with Crippen molar-refractivity contribution in [2.45, 2.75) is 60.0 Å². The lowest BCUT2D eigenvalue weighted by Gasteiger charge is -2.22. The summed E-state index contributed by atoms with van der Waals surface area (Å²) in [6.45, 7) is 12.7. The van der Waals surface area contributed by atoms with Crippen LogP contribution in [0.4, 0.5) is 0 Å². The van der Waals surface area contributed by atoms with Crippen molar-refractivity contribution in [3.05, 3.63) is 30.0 Å². The largest absolute Gasteiger partial charge is 0.496 e. The zero-order valence-corrected chi connectivity index (χ0v) is 21.1. The molecule has 2 unspecified atom stereocenters. The maximum atomic E-state index is 13.2. The van der Waals surface area contributed by atoms with Gasteiger partial charge in [0.25, 0.3) is 5.91 Å². The molecule has 0 aliphatic rings. The number of ether oxygens (including phenoxy) is 2. The molecule has 0 saturated carbocycles. The molecule has 2 atom stereocenters. The molecular weight excluding hydrogens is 420 g/mol. The number of benzene rings is 1. The van der Waals surface area contributed by atoms with Crippen LogP contribution in [0, 0.1) is 11.8 Å². The number of rotatable bonds is 11. The molecule has 8 nitrogen and oxygen atoms in total. The first kappa shape index (κ1) is 26.2. The maximum absolute atomic E-state index is 13.2. The summed E-state index contributed by atoms with van der Waals surface area (Å²) in [5.41, 5.74) is 1.76. The van der Waals surface area contributed by atoms with E-state index in [1.54, 1.807) is 20.3 Å². The van der Waals surface area contributed by atoms with Crippen LogP contribution in [0.2, 0.25) is 0 Å². The average molecular weight is 459 g/mol. The number of hydrogen-bond acceptors (Lipinski definition) is 5. The number of amides is 2. The van der Waals surface area contributed by atoms with Crippen molar-refractivity contribution in [2.75, 3.05) is 20.8 Å². The highest BCUT2D eigenvalue weighted by atomic mass is 16.5. The minimum absolute atomic E-state index is 0.0207. The molecule has 1 aromatic heterocycles. The predicted octanol–water partition coefficient (Wildman–Crippen LogP) is 4.06. The molecule has 0 aliphatic carbocycles. The first-order valence-electron chi connectivity index (χ1n) is 11.5. The minimum Gasteiger partial charge on any atom is -0.496 e. The normalized spacial score (nSPS) is 13.0. The van der Waals surface area contributed by atoms with Gasteiger partial charge in [0.15, 0.2) is 5.69 Å². The highest BCUT2D eigenvalue weighted by Crippen LogP contribution is 2.40. The lowest BCUT2D eigenvalue weighted by atomic mass is 10.00. The van der Waals surface area contributed by atoms with Gasteiger partial charge in [0, 0.05) is 19.0 Å². The Morgan fingerprint density at radius 1 is 1.03 bits per heavy atom. The van der Waals surface area contributed by atoms with Gasteiger partial charge >= 0.3 is 0 Å². The third-order valence-corrected chi connectivity index (χ3v) is 5.90. The van der Waals surface area contributed by atoms with Crippen molar-refractivity contribution in [1.82, 2.24) is 20.4 Å². The van der Waals surface area contributed by atoms with Crippen LogP contribution in [0.15, 0.2) is 24.3 Å². The van der Waals surface area contributed by atoms with Crippen molar-refractivity contribution in [1.29, 1.82) is 0 Å². The van der Waals surface area contributed by atoms with Crippen LogP contribution in [-0.2, 0) is 4.79 Å². The van der Waals surface area contributed by atoms with Gasteiger partial charge in [-0.25, -0.2) is 0 Å². The number of nitrogens with zero attached hydrogens (tertiary/aromatic N) is 2. The molecule has 0 fully saturated rings. The second kappa shape index (κ2) is 11.7. The number of aromatic nitrogens is 2. The van der Waals surface area contributed by atoms with Crippen LogP contribution in [-0.4, -0.2) is 48.4 Å². The van der Waals surface area contributed by atoms with Crippen molar-refractivity contribution in [3.8, 4) is 22.8 Å². The Morgan fingerprint density at radius 2 is 1.64 bits per heavy atom. The molecule has 1 heterocycles. The molecule has 182 valence electrons. The summed E-state index contributed by atoms with van der Waals surface area (Å²) in [6, 6.07) is 7.05. The topological polar surface area (TPSA) is 94.5 Å². The second-order valence-corrected chi connectivity index (χ2v) is 8.86. The van der Waals surface area contributed by atoms with E-state index in [0.717, 1.165) is 11.3 Å². The van der Waals surface area contributed by atoms with Gasteiger partial charge in [0.05, 0.1) is 31.5 Å². The van der Waals surface area contributed by atoms with Crippen LogP contribution < -0.4 is 20.1 Å². The third kappa shape index (κ3) is 6.27. The maximum Gasteiger partial charge on any atom is 0.272 e. The second-order valence-electron chi connectivity index (χ2n) is 8.86. The van der Waals surface area contributed by atoms with E-state index in [1.807, 2.05) is 43.7 Å². The molecule has 33 heavy (non-hydrogen) atoms. The zero-order valence-electron chi connectivity index (χ0n) is 21.1. The van der Waals surface area contributed by atoms with E-state index >= 15 is 0 Å². The molecule has 0 saturated heterocycles. The Kier molecular flexibility index (Phi) is 9.32. The van der Waals surface area contributed by atoms with E-state index in [-0.39, 0.29) is 47.8 Å². The average Bonchev–Trinajstić information content (AvgIpc) is 3.22. The summed E-state index contributed by atoms with van der Waals surface area (Å²) in [6.07, 6.45) is 0.216. The fraction of sp³-hybridized carbons (Fsp3) is 0.560. The van der Waals surface area contributed by atoms with Crippen LogP contribution in [0.25, 0.3) is 11.3 Å². The summed E-state index contributed by atoms with van der Waals surface area (Å²) in [4.78, 5) is 25.3. The number of carbonyl (C=O) groups is 2. The highest BCUT2D eigenvalue weighted by Gasteiger charge is 2.27. The van der Waals surface area contributed by atoms with Crippen LogP contribution >= 0.6 is 0 Å². The molecule has 2 amide bonds. The minimum atomic E-state index is -0.317. The summed E-state index contributed by atoms with van der Waals surface area (Å²) in [7, 11) is 3.21. The third-order valence-electron chi connectivity index (χ3n) is 5.90. The summed E-state index contributed by atoms with van der Waals surface area (Å²) >= 11 is 0. The van der Waals surface area contributed by atoms with Crippen molar-refractivity contribution >= 4 is 11.8 Å². The first-order valence-corrected chi connectivity index (χ1v) is 11.5. The van der Waals surface area contributed by atoms with E-state index < -0.39 is 0 Å². The molecule has 2 rings (SSSR count). The molecule has 0 spiro atoms. The van der Waals surface area contributed by atoms with Gasteiger partial charge < -0.3 is 20.1 Å². The van der Waals surface area contributed by atoms with Gasteiger partial charge in [-0.1, -0.05) is 33.8 Å². The van der Waals surface area contributed by atoms with E-state index in [2.05, 4.69) is 36.5 Å². The summed E-state index contributed by atoms with van der Waals surface area (Å²) in [5, 5.41) is 10.5. The van der Waals surface area contributed by atoms with Gasteiger partial charge in [0.2, 0.25) is 5.91 Å². The van der Waals surface area contributed by atoms with Gasteiger partial charge in [-0.2, -0.15) is 5.10 Å². The Morgan fingerprint density at radius 3 is 2.12 bits per heavy atom. The quantitative estimate of drug-likeness (QED) is 0.529. The number of methoxy groups -OCH3 is 2. The summed E-state index contributed by atoms with van der Waals surface area (Å²) < 4.78 is 13.1. The van der Waals surface area contributed by atoms with Crippen LogP contribution in [0.5, 0.6) is 11.5 Å². The zero-order chi connectivity index (χ0) is 24.7. The SMILES string of the molecule is CCNC(=O)CC(NC(=O)c1cc(-c2c(OC)cccc2OC)n(C(C)C(C)C)n1)C(C)C. The van der Waals surface area contributed by atoms with E-state index in [0.29, 0.717) is 18.0 Å². The standard InChI is InChI=1S/C25H38N4O4/c1-9-26-23(30)14-18(16(4)5)27-25(31)19-13-20(29(28-19)17(6)15(2)3)24-21(32-7)11-10-12-22(24)33-8/h10-13,15-18H,9,14H2,1-8H3,(H,26,30)(H,27,31). The number of nitrogens with one attached hydrogen (secondary N) is 2. The van der Waals surface area contributed by atoms with E-state index in [9.17, 15) is 9.59 Å². The van der Waals surface area contributed by atoms with Crippen LogP contribution in [0.3, 0.4) is 0 Å². The van der Waals surface area contributed by atoms with Crippen molar-refractivity contribution < 1.29 is 19.1 Å². The van der Waals surface area contributed by atoms with Crippen molar-refractivity contribution in [2.24, 2.45) is 11.8 Å². The molecule has 0 aliphatic heterocycles. The lowest BCUT2D eigenvalue weighted by molar-refractivity contribution is -0.121. The lowest BCUT2D eigenvalue weighted by Crippen LogP contribution is -2.42. The monoisotopic (exact) mass is 458 g/mol. The molecule has 2 aromatic rings. The molecule has 0 bridgehead atoms. The molecule has 8 heteroatoms. The van der Waals surface area contributed by atoms with Crippen molar-refractivity contribution in [3.63, 3.8) is 0 Å². The smallest absolute Gasteiger partial charge is 0.272 e. The Balaban J connectivity index is 2.50. The van der Waals surface area contributed by atoms with Gasteiger partial charge in [-0.3, -0.25) is 14.3 Å². The molecule has 2 N–H and O–H groups in total. The van der Waals surface area contributed by atoms with Gasteiger partial charge in [0.1, 0.15) is 11.5 Å². The molecule has 0 radical (unpaired) electrons. The number of carbonyl (C=O) groups excluding carboxylic acids is 2. The Bertz CT molecular complexity index is 930. The fourth-order valence-electron chi connectivity index (χ4n) is 3.55. The van der Waals surface area contributed by atoms with E-state index in [1.165, 1.54) is 0 Å². The summed E-state index contributed by atoms with van der Waals surface area (Å²) in [5.74, 6) is 1.23. The molecular formula is C25H38N4O4. The first-order chi connectivity index (χ1) is 15.6. The molecule has 1 aromatic carbocycles. The van der Waals surface area contributed by atoms with Crippen LogP contribution in [0.1, 0.15) is 64.5 Å². The Labute approximate surface area is 197 Å².